The number of hydrogen-bond acceptors (Lipinski definition) is 3. The minimum Gasteiger partial charge on any atom is -0.391 e. The van der Waals surface area contributed by atoms with Crippen molar-refractivity contribution >= 4 is 5.82 Å². The molecule has 2 aliphatic carbocycles. The molecule has 3 rings (SSSR count). The van der Waals surface area contributed by atoms with Gasteiger partial charge < -0.3 is 10.8 Å². The second kappa shape index (κ2) is 3.23. The summed E-state index contributed by atoms with van der Waals surface area (Å²) in [7, 11) is 0. The summed E-state index contributed by atoms with van der Waals surface area (Å²) in [5, 5.41) is 14.4. The Morgan fingerprint density at radius 3 is 2.80 bits per heavy atom. The second-order valence-electron chi connectivity index (χ2n) is 4.67. The predicted molar refractivity (Wildman–Crippen MR) is 57.6 cm³/mol. The molecule has 1 saturated carbocycles. The molecule has 0 amide bonds. The second-order valence-corrected chi connectivity index (χ2v) is 4.67. The normalized spacial score (nSPS) is 29.7. The summed E-state index contributed by atoms with van der Waals surface area (Å²) in [6, 6.07) is 0.121. The maximum Gasteiger partial charge on any atom is 0.125 e. The lowest BCUT2D eigenvalue weighted by atomic mass is 10.2. The summed E-state index contributed by atoms with van der Waals surface area (Å²) in [6.45, 7) is 0. The van der Waals surface area contributed by atoms with Crippen LogP contribution in [0.5, 0.6) is 0 Å². The largest absolute Gasteiger partial charge is 0.391 e. The molecule has 0 saturated heterocycles. The molecule has 1 heterocycles. The smallest absolute Gasteiger partial charge is 0.125 e. The first-order valence-corrected chi connectivity index (χ1v) is 5.81. The zero-order valence-corrected chi connectivity index (χ0v) is 8.82. The lowest BCUT2D eigenvalue weighted by Crippen LogP contribution is -2.21. The van der Waals surface area contributed by atoms with Gasteiger partial charge in [-0.3, -0.25) is 0 Å². The van der Waals surface area contributed by atoms with Crippen molar-refractivity contribution < 1.29 is 5.11 Å². The van der Waals surface area contributed by atoms with Crippen molar-refractivity contribution in [3.8, 4) is 0 Å². The maximum atomic E-state index is 9.84. The quantitative estimate of drug-likeness (QED) is 0.723. The molecule has 2 unspecified atom stereocenters. The molecule has 1 fully saturated rings. The molecule has 15 heavy (non-hydrogen) atoms. The minimum atomic E-state index is -0.257. The van der Waals surface area contributed by atoms with E-state index in [0.29, 0.717) is 0 Å². The third-order valence-corrected chi connectivity index (χ3v) is 3.73. The third-order valence-electron chi connectivity index (χ3n) is 3.73. The molecular weight excluding hydrogens is 190 g/mol. The summed E-state index contributed by atoms with van der Waals surface area (Å²) in [5.41, 5.74) is 8.48. The van der Waals surface area contributed by atoms with Crippen LogP contribution in [0, 0.1) is 0 Å². The lowest BCUT2D eigenvalue weighted by Gasteiger charge is -2.16. The Morgan fingerprint density at radius 2 is 2.13 bits per heavy atom. The molecule has 82 valence electrons. The Labute approximate surface area is 89.1 Å². The van der Waals surface area contributed by atoms with Crippen LogP contribution >= 0.6 is 0 Å². The zero-order valence-electron chi connectivity index (χ0n) is 8.82. The van der Waals surface area contributed by atoms with Gasteiger partial charge in [0.05, 0.1) is 17.8 Å². The number of aromatic nitrogens is 2. The SMILES string of the molecule is Nc1c2c(nn1C1CCCC1O)CCC2. The van der Waals surface area contributed by atoms with Crippen molar-refractivity contribution in [2.75, 3.05) is 5.73 Å². The first-order valence-electron chi connectivity index (χ1n) is 5.81. The molecule has 1 aromatic heterocycles. The predicted octanol–water partition coefficient (Wildman–Crippen LogP) is 1.04. The number of fused-ring (bicyclic) bond motifs is 1. The molecule has 0 radical (unpaired) electrons. The minimum absolute atomic E-state index is 0.121. The number of aliphatic hydroxyl groups excluding tert-OH is 1. The molecule has 2 aliphatic rings. The van der Waals surface area contributed by atoms with Crippen LogP contribution in [0.2, 0.25) is 0 Å². The lowest BCUT2D eigenvalue weighted by molar-refractivity contribution is 0.131. The highest BCUT2D eigenvalue weighted by atomic mass is 16.3. The molecule has 1 aromatic rings. The summed E-state index contributed by atoms with van der Waals surface area (Å²) >= 11 is 0. The summed E-state index contributed by atoms with van der Waals surface area (Å²) in [4.78, 5) is 0. The highest BCUT2D eigenvalue weighted by molar-refractivity contribution is 5.46. The van der Waals surface area contributed by atoms with Crippen molar-refractivity contribution in [3.05, 3.63) is 11.3 Å². The zero-order chi connectivity index (χ0) is 10.4. The Kier molecular flexibility index (Phi) is 1.99. The molecular formula is C11H17N3O. The van der Waals surface area contributed by atoms with E-state index in [1.165, 1.54) is 12.0 Å². The van der Waals surface area contributed by atoms with Gasteiger partial charge >= 0.3 is 0 Å². The van der Waals surface area contributed by atoms with E-state index in [1.807, 2.05) is 4.68 Å². The highest BCUT2D eigenvalue weighted by Crippen LogP contribution is 2.35. The first-order chi connectivity index (χ1) is 7.27. The fourth-order valence-corrected chi connectivity index (χ4v) is 2.90. The van der Waals surface area contributed by atoms with Gasteiger partial charge in [-0.1, -0.05) is 0 Å². The fourth-order valence-electron chi connectivity index (χ4n) is 2.90. The van der Waals surface area contributed by atoms with E-state index in [4.69, 9.17) is 5.73 Å². The van der Waals surface area contributed by atoms with Gasteiger partial charge in [-0.05, 0) is 38.5 Å². The van der Waals surface area contributed by atoms with Gasteiger partial charge in [-0.15, -0.1) is 0 Å². The van der Waals surface area contributed by atoms with Crippen molar-refractivity contribution in [3.63, 3.8) is 0 Å². The van der Waals surface area contributed by atoms with E-state index >= 15 is 0 Å². The van der Waals surface area contributed by atoms with E-state index < -0.39 is 0 Å². The third kappa shape index (κ3) is 1.28. The Balaban J connectivity index is 1.98. The summed E-state index contributed by atoms with van der Waals surface area (Å²) in [6.07, 6.45) is 6.00. The first kappa shape index (κ1) is 9.21. The van der Waals surface area contributed by atoms with Gasteiger partial charge in [-0.2, -0.15) is 5.10 Å². The Morgan fingerprint density at radius 1 is 1.27 bits per heavy atom. The van der Waals surface area contributed by atoms with Crippen LogP contribution in [0.1, 0.15) is 43.0 Å². The number of nitrogen functional groups attached to an aromatic ring is 1. The number of aryl methyl sites for hydroxylation is 1. The van der Waals surface area contributed by atoms with Gasteiger partial charge in [0.2, 0.25) is 0 Å². The number of hydrogen-bond donors (Lipinski definition) is 2. The summed E-state index contributed by atoms with van der Waals surface area (Å²) < 4.78 is 1.88. The van der Waals surface area contributed by atoms with Crippen LogP contribution in [-0.2, 0) is 12.8 Å². The number of nitrogens with zero attached hydrogens (tertiary/aromatic N) is 2. The van der Waals surface area contributed by atoms with Crippen LogP contribution in [0.25, 0.3) is 0 Å². The van der Waals surface area contributed by atoms with E-state index in [0.717, 1.165) is 43.6 Å². The van der Waals surface area contributed by atoms with Crippen molar-refractivity contribution in [1.29, 1.82) is 0 Å². The molecule has 4 nitrogen and oxygen atoms in total. The van der Waals surface area contributed by atoms with Crippen LogP contribution in [0.15, 0.2) is 0 Å². The Bertz CT molecular complexity index is 385. The van der Waals surface area contributed by atoms with Crippen LogP contribution in [0.3, 0.4) is 0 Å². The summed E-state index contributed by atoms with van der Waals surface area (Å²) in [5.74, 6) is 0.799. The number of nitrogens with two attached hydrogens (primary N) is 1. The van der Waals surface area contributed by atoms with Crippen LogP contribution in [-0.4, -0.2) is 21.0 Å². The van der Waals surface area contributed by atoms with Crippen molar-refractivity contribution in [1.82, 2.24) is 9.78 Å². The van der Waals surface area contributed by atoms with E-state index in [2.05, 4.69) is 5.10 Å². The average molecular weight is 207 g/mol. The van der Waals surface area contributed by atoms with Gasteiger partial charge in [0.25, 0.3) is 0 Å². The van der Waals surface area contributed by atoms with Gasteiger partial charge in [0, 0.05) is 5.56 Å². The van der Waals surface area contributed by atoms with E-state index in [9.17, 15) is 5.11 Å². The highest BCUT2D eigenvalue weighted by Gasteiger charge is 2.31. The number of rotatable bonds is 1. The van der Waals surface area contributed by atoms with E-state index in [-0.39, 0.29) is 12.1 Å². The van der Waals surface area contributed by atoms with Gasteiger partial charge in [-0.25, -0.2) is 4.68 Å². The maximum absolute atomic E-state index is 9.84. The van der Waals surface area contributed by atoms with Gasteiger partial charge in [0.1, 0.15) is 5.82 Å². The van der Waals surface area contributed by atoms with E-state index in [1.54, 1.807) is 0 Å². The number of aliphatic hydroxyl groups is 1. The molecule has 4 heteroatoms. The van der Waals surface area contributed by atoms with Crippen LogP contribution < -0.4 is 5.73 Å². The van der Waals surface area contributed by atoms with Crippen LogP contribution in [0.4, 0.5) is 5.82 Å². The van der Waals surface area contributed by atoms with Crippen molar-refractivity contribution in [2.45, 2.75) is 50.7 Å². The molecule has 0 aliphatic heterocycles. The topological polar surface area (TPSA) is 64.1 Å². The Hall–Kier alpha value is -1.03. The standard InChI is InChI=1S/C11H17N3O/c12-11-7-3-1-4-8(7)13-14(11)9-5-2-6-10(9)15/h9-10,15H,1-6,12H2. The number of anilines is 1. The molecule has 2 atom stereocenters. The molecule has 0 aromatic carbocycles. The molecule has 3 N–H and O–H groups in total. The average Bonchev–Trinajstić information content (AvgIpc) is 2.85. The fraction of sp³-hybridized carbons (Fsp3) is 0.727. The van der Waals surface area contributed by atoms with Gasteiger partial charge in [0.15, 0.2) is 0 Å². The van der Waals surface area contributed by atoms with Crippen molar-refractivity contribution in [2.24, 2.45) is 0 Å². The molecule has 0 bridgehead atoms. The monoisotopic (exact) mass is 207 g/mol. The molecule has 0 spiro atoms.